The van der Waals surface area contributed by atoms with E-state index in [4.69, 9.17) is 22.7 Å². The van der Waals surface area contributed by atoms with Gasteiger partial charge in [-0.25, -0.2) is 0 Å². The van der Waals surface area contributed by atoms with Gasteiger partial charge in [-0.1, -0.05) is 12.1 Å². The third-order valence-corrected chi connectivity index (χ3v) is 5.78. The molecule has 28 heavy (non-hydrogen) atoms. The van der Waals surface area contributed by atoms with Gasteiger partial charge in [0.05, 0.1) is 17.2 Å². The third-order valence-electron chi connectivity index (χ3n) is 4.37. The summed E-state index contributed by atoms with van der Waals surface area (Å²) in [5.74, 6) is -0.371. The van der Waals surface area contributed by atoms with Gasteiger partial charge in [-0.2, -0.15) is 0 Å². The largest absolute Gasteiger partial charge is 0.490 e. The molecule has 0 unspecified atom stereocenters. The van der Waals surface area contributed by atoms with Crippen LogP contribution >= 0.6 is 23.6 Å². The summed E-state index contributed by atoms with van der Waals surface area (Å²) in [5.41, 5.74) is 7.48. The summed E-state index contributed by atoms with van der Waals surface area (Å²) in [5, 5.41) is 6.36. The first-order valence-corrected chi connectivity index (χ1v) is 10.4. The first-order chi connectivity index (χ1) is 13.4. The maximum atomic E-state index is 12.7. The van der Waals surface area contributed by atoms with Gasteiger partial charge in [-0.3, -0.25) is 14.9 Å². The van der Waals surface area contributed by atoms with Crippen LogP contribution < -0.4 is 21.1 Å². The standard InChI is InChI=1S/C20H23N3O3S2/c1-11(2)26-14-9-5-3-7-12(14)18(25)22-20(27)23-19-16(17(21)24)13-8-4-6-10-15(13)28-19/h3,5,7,9,11H,4,6,8,10H2,1-2H3,(H2,21,24)(H2,22,23,25,27). The van der Waals surface area contributed by atoms with Crippen LogP contribution in [0, 0.1) is 0 Å². The van der Waals surface area contributed by atoms with E-state index in [1.54, 1.807) is 24.3 Å². The van der Waals surface area contributed by atoms with Crippen molar-refractivity contribution in [3.63, 3.8) is 0 Å². The van der Waals surface area contributed by atoms with Crippen molar-refractivity contribution in [1.29, 1.82) is 0 Å². The predicted octanol–water partition coefficient (Wildman–Crippen LogP) is 3.64. The Labute approximate surface area is 173 Å². The molecule has 1 heterocycles. The van der Waals surface area contributed by atoms with Crippen LogP contribution in [0.4, 0.5) is 5.00 Å². The SMILES string of the molecule is CC(C)Oc1ccccc1C(=O)NC(=S)Nc1sc2c(c1C(N)=O)CCCC2. The second kappa shape index (κ2) is 8.70. The second-order valence-corrected chi connectivity index (χ2v) is 8.36. The molecule has 0 saturated heterocycles. The number of amides is 2. The molecule has 0 bridgehead atoms. The molecule has 1 aliphatic carbocycles. The van der Waals surface area contributed by atoms with Crippen molar-refractivity contribution in [3.05, 3.63) is 45.8 Å². The molecule has 0 aliphatic heterocycles. The highest BCUT2D eigenvalue weighted by molar-refractivity contribution is 7.80. The van der Waals surface area contributed by atoms with E-state index in [2.05, 4.69) is 10.6 Å². The molecule has 1 aromatic carbocycles. The molecule has 0 spiro atoms. The molecule has 0 fully saturated rings. The summed E-state index contributed by atoms with van der Waals surface area (Å²) in [6.07, 6.45) is 3.84. The topological polar surface area (TPSA) is 93.4 Å². The molecular formula is C20H23N3O3S2. The highest BCUT2D eigenvalue weighted by Crippen LogP contribution is 2.37. The Balaban J connectivity index is 1.76. The van der Waals surface area contributed by atoms with Crippen molar-refractivity contribution in [2.75, 3.05) is 5.32 Å². The van der Waals surface area contributed by atoms with Crippen molar-refractivity contribution >= 4 is 45.5 Å². The molecule has 4 N–H and O–H groups in total. The quantitative estimate of drug-likeness (QED) is 0.646. The average molecular weight is 418 g/mol. The van der Waals surface area contributed by atoms with Crippen LogP contribution in [-0.4, -0.2) is 23.0 Å². The molecule has 2 aromatic rings. The van der Waals surface area contributed by atoms with E-state index in [0.29, 0.717) is 21.9 Å². The van der Waals surface area contributed by atoms with Gasteiger partial charge in [0.2, 0.25) is 0 Å². The Kier molecular flexibility index (Phi) is 6.31. The zero-order chi connectivity index (χ0) is 20.3. The number of carbonyl (C=O) groups excluding carboxylic acids is 2. The number of rotatable bonds is 5. The highest BCUT2D eigenvalue weighted by Gasteiger charge is 2.25. The van der Waals surface area contributed by atoms with E-state index in [-0.39, 0.29) is 17.1 Å². The van der Waals surface area contributed by atoms with Crippen molar-refractivity contribution in [2.45, 2.75) is 45.6 Å². The molecule has 6 nitrogen and oxygen atoms in total. The van der Waals surface area contributed by atoms with E-state index < -0.39 is 5.91 Å². The highest BCUT2D eigenvalue weighted by atomic mass is 32.1. The van der Waals surface area contributed by atoms with Crippen molar-refractivity contribution in [2.24, 2.45) is 5.73 Å². The zero-order valence-electron chi connectivity index (χ0n) is 15.8. The molecule has 0 saturated carbocycles. The number of hydrogen-bond donors (Lipinski definition) is 3. The number of primary amides is 1. The molecule has 2 amide bonds. The molecule has 1 aliphatic rings. The summed E-state index contributed by atoms with van der Waals surface area (Å²) in [6.45, 7) is 3.79. The third kappa shape index (κ3) is 4.51. The van der Waals surface area contributed by atoms with Crippen LogP contribution in [-0.2, 0) is 12.8 Å². The lowest BCUT2D eigenvalue weighted by Gasteiger charge is -2.15. The van der Waals surface area contributed by atoms with E-state index in [0.717, 1.165) is 36.1 Å². The molecule has 0 radical (unpaired) electrons. The minimum Gasteiger partial charge on any atom is -0.490 e. The van der Waals surface area contributed by atoms with Crippen LogP contribution in [0.1, 0.15) is 57.8 Å². The summed E-state index contributed by atoms with van der Waals surface area (Å²) in [6, 6.07) is 6.98. The average Bonchev–Trinajstić information content (AvgIpc) is 2.99. The number of benzene rings is 1. The Morgan fingerprint density at radius 1 is 1.21 bits per heavy atom. The first kappa shape index (κ1) is 20.3. The molecule has 8 heteroatoms. The number of hydrogen-bond acceptors (Lipinski definition) is 5. The summed E-state index contributed by atoms with van der Waals surface area (Å²) < 4.78 is 5.69. The Bertz CT molecular complexity index is 921. The monoisotopic (exact) mass is 417 g/mol. The summed E-state index contributed by atoms with van der Waals surface area (Å²) in [4.78, 5) is 25.8. The van der Waals surface area contributed by atoms with Crippen molar-refractivity contribution < 1.29 is 14.3 Å². The maximum Gasteiger partial charge on any atom is 0.261 e. The lowest BCUT2D eigenvalue weighted by molar-refractivity contribution is 0.0970. The number of nitrogens with one attached hydrogen (secondary N) is 2. The lowest BCUT2D eigenvalue weighted by atomic mass is 9.95. The number of thiophene rings is 1. The van der Waals surface area contributed by atoms with Gasteiger partial charge in [0.15, 0.2) is 5.11 Å². The van der Waals surface area contributed by atoms with Crippen LogP contribution in [0.2, 0.25) is 0 Å². The smallest absolute Gasteiger partial charge is 0.261 e. The van der Waals surface area contributed by atoms with Crippen molar-refractivity contribution in [3.8, 4) is 5.75 Å². The fourth-order valence-corrected chi connectivity index (χ4v) is 4.79. The van der Waals surface area contributed by atoms with Gasteiger partial charge in [-0.05, 0) is 69.4 Å². The molecule has 3 rings (SSSR count). The minimum atomic E-state index is -0.480. The first-order valence-electron chi connectivity index (χ1n) is 9.19. The summed E-state index contributed by atoms with van der Waals surface area (Å²) in [7, 11) is 0. The minimum absolute atomic E-state index is 0.0606. The van der Waals surface area contributed by atoms with Gasteiger partial charge in [0, 0.05) is 4.88 Å². The van der Waals surface area contributed by atoms with Crippen LogP contribution in [0.5, 0.6) is 5.75 Å². The zero-order valence-corrected chi connectivity index (χ0v) is 17.5. The molecule has 1 aromatic heterocycles. The van der Waals surface area contributed by atoms with E-state index >= 15 is 0 Å². The Hall–Kier alpha value is -2.45. The van der Waals surface area contributed by atoms with Crippen LogP contribution in [0.15, 0.2) is 24.3 Å². The van der Waals surface area contributed by atoms with Crippen LogP contribution in [0.3, 0.4) is 0 Å². The van der Waals surface area contributed by atoms with Gasteiger partial charge in [0.1, 0.15) is 10.8 Å². The Morgan fingerprint density at radius 2 is 1.93 bits per heavy atom. The van der Waals surface area contributed by atoms with Gasteiger partial charge in [0.25, 0.3) is 11.8 Å². The van der Waals surface area contributed by atoms with Crippen LogP contribution in [0.25, 0.3) is 0 Å². The molecule has 148 valence electrons. The van der Waals surface area contributed by atoms with Gasteiger partial charge >= 0.3 is 0 Å². The number of para-hydroxylation sites is 1. The van der Waals surface area contributed by atoms with Gasteiger partial charge < -0.3 is 15.8 Å². The van der Waals surface area contributed by atoms with Crippen molar-refractivity contribution in [1.82, 2.24) is 5.32 Å². The number of carbonyl (C=O) groups is 2. The van der Waals surface area contributed by atoms with E-state index in [9.17, 15) is 9.59 Å². The number of aryl methyl sites for hydroxylation is 1. The molecule has 0 atom stereocenters. The predicted molar refractivity (Wildman–Crippen MR) is 115 cm³/mol. The maximum absolute atomic E-state index is 12.7. The fourth-order valence-electron chi connectivity index (χ4n) is 3.23. The number of nitrogens with two attached hydrogens (primary N) is 1. The summed E-state index contributed by atoms with van der Waals surface area (Å²) >= 11 is 6.78. The number of anilines is 1. The lowest BCUT2D eigenvalue weighted by Crippen LogP contribution is -2.34. The number of ether oxygens (including phenoxy) is 1. The van der Waals surface area contributed by atoms with E-state index in [1.165, 1.54) is 11.3 Å². The second-order valence-electron chi connectivity index (χ2n) is 6.85. The normalized spacial score (nSPS) is 13.0. The molecular weight excluding hydrogens is 394 g/mol. The van der Waals surface area contributed by atoms with Gasteiger partial charge in [-0.15, -0.1) is 11.3 Å². The van der Waals surface area contributed by atoms with E-state index in [1.807, 2.05) is 13.8 Å². The number of thiocarbonyl (C=S) groups is 1. The number of fused-ring (bicyclic) bond motifs is 1. The Morgan fingerprint density at radius 3 is 2.64 bits per heavy atom. The fraction of sp³-hybridized carbons (Fsp3) is 0.350.